The van der Waals surface area contributed by atoms with Crippen molar-refractivity contribution < 1.29 is 24.2 Å². The molecule has 0 spiro atoms. The van der Waals surface area contributed by atoms with Crippen LogP contribution in [-0.2, 0) is 16.1 Å². The second-order valence-corrected chi connectivity index (χ2v) is 3.76. The van der Waals surface area contributed by atoms with Crippen molar-refractivity contribution in [3.8, 4) is 5.75 Å². The second kappa shape index (κ2) is 5.48. The van der Waals surface area contributed by atoms with Gasteiger partial charge in [-0.1, -0.05) is 0 Å². The number of hydrogen-bond donors (Lipinski definition) is 1. The van der Waals surface area contributed by atoms with E-state index in [1.165, 1.54) is 14.0 Å². The first kappa shape index (κ1) is 14.0. The minimum absolute atomic E-state index is 0.00172. The summed E-state index contributed by atoms with van der Waals surface area (Å²) < 4.78 is 9.96. The molecule has 6 nitrogen and oxygen atoms in total. The van der Waals surface area contributed by atoms with Gasteiger partial charge in [-0.25, -0.2) is 4.79 Å². The normalized spacial score (nSPS) is 10.0. The van der Waals surface area contributed by atoms with Crippen molar-refractivity contribution in [2.45, 2.75) is 27.4 Å². The zero-order valence-electron chi connectivity index (χ0n) is 10.7. The third kappa shape index (κ3) is 2.77. The molecule has 0 atom stereocenters. The van der Waals surface area contributed by atoms with Gasteiger partial charge in [0.15, 0.2) is 0 Å². The van der Waals surface area contributed by atoms with E-state index in [4.69, 9.17) is 14.6 Å². The Hall–Kier alpha value is -2.11. The van der Waals surface area contributed by atoms with Crippen LogP contribution in [0.3, 0.4) is 0 Å². The molecule has 98 valence electrons. The quantitative estimate of drug-likeness (QED) is 0.818. The number of hydrogen-bond acceptors (Lipinski definition) is 5. The highest BCUT2D eigenvalue weighted by Gasteiger charge is 2.21. The molecule has 0 aliphatic heterocycles. The Morgan fingerprint density at radius 1 is 1.33 bits per heavy atom. The summed E-state index contributed by atoms with van der Waals surface area (Å²) in [5, 5.41) is 9.11. The van der Waals surface area contributed by atoms with Gasteiger partial charge in [-0.05, 0) is 13.8 Å². The van der Waals surface area contributed by atoms with Gasteiger partial charge in [-0.15, -0.1) is 0 Å². The van der Waals surface area contributed by atoms with E-state index in [1.54, 1.807) is 13.8 Å². The second-order valence-electron chi connectivity index (χ2n) is 3.76. The summed E-state index contributed by atoms with van der Waals surface area (Å²) in [6, 6.07) is 0. The summed E-state index contributed by atoms with van der Waals surface area (Å²) in [4.78, 5) is 26.0. The first-order valence-electron chi connectivity index (χ1n) is 5.29. The van der Waals surface area contributed by atoms with Gasteiger partial charge >= 0.3 is 11.9 Å². The minimum atomic E-state index is -1.10. The number of nitrogens with zero attached hydrogens (tertiary/aromatic N) is 1. The standard InChI is InChI=1S/C12H15NO5/c1-6-9(5-18-8(3)14)13-7(2)10(12(15)16)11(6)17-4/h5H2,1-4H3,(H,15,16). The van der Waals surface area contributed by atoms with E-state index in [0.29, 0.717) is 17.0 Å². The number of aryl methyl sites for hydroxylation is 1. The van der Waals surface area contributed by atoms with Crippen molar-refractivity contribution in [2.75, 3.05) is 7.11 Å². The van der Waals surface area contributed by atoms with Crippen LogP contribution in [0.15, 0.2) is 0 Å². The molecule has 0 radical (unpaired) electrons. The van der Waals surface area contributed by atoms with Crippen LogP contribution in [0.5, 0.6) is 5.75 Å². The molecule has 0 amide bonds. The monoisotopic (exact) mass is 253 g/mol. The number of carboxylic acid groups (broad SMARTS) is 1. The van der Waals surface area contributed by atoms with Crippen LogP contribution in [0.2, 0.25) is 0 Å². The van der Waals surface area contributed by atoms with E-state index in [9.17, 15) is 9.59 Å². The average Bonchev–Trinajstić information content (AvgIpc) is 2.28. The number of rotatable bonds is 4. The molecular weight excluding hydrogens is 238 g/mol. The molecule has 0 aliphatic carbocycles. The molecule has 0 unspecified atom stereocenters. The molecule has 1 heterocycles. The van der Waals surface area contributed by atoms with Crippen molar-refractivity contribution in [2.24, 2.45) is 0 Å². The van der Waals surface area contributed by atoms with Gasteiger partial charge in [0.25, 0.3) is 0 Å². The maximum atomic E-state index is 11.1. The molecular formula is C12H15NO5. The van der Waals surface area contributed by atoms with Gasteiger partial charge in [0.05, 0.1) is 18.5 Å². The van der Waals surface area contributed by atoms with E-state index in [1.807, 2.05) is 0 Å². The van der Waals surface area contributed by atoms with Gasteiger partial charge in [0, 0.05) is 12.5 Å². The molecule has 6 heteroatoms. The summed E-state index contributed by atoms with van der Waals surface area (Å²) in [6.45, 7) is 4.54. The molecule has 0 saturated heterocycles. The number of methoxy groups -OCH3 is 1. The van der Waals surface area contributed by atoms with Crippen LogP contribution in [0.25, 0.3) is 0 Å². The Morgan fingerprint density at radius 3 is 2.39 bits per heavy atom. The SMILES string of the molecule is COc1c(C)c(COC(C)=O)nc(C)c1C(=O)O. The molecule has 0 fully saturated rings. The molecule has 1 aromatic heterocycles. The molecule has 18 heavy (non-hydrogen) atoms. The fourth-order valence-corrected chi connectivity index (χ4v) is 1.64. The van der Waals surface area contributed by atoms with Crippen LogP contribution in [0.1, 0.15) is 34.2 Å². The molecule has 1 N–H and O–H groups in total. The molecule has 0 aliphatic rings. The summed E-state index contributed by atoms with van der Waals surface area (Å²) >= 11 is 0. The number of pyridine rings is 1. The molecule has 0 saturated carbocycles. The molecule has 1 aromatic rings. The molecule has 1 rings (SSSR count). The third-order valence-corrected chi connectivity index (χ3v) is 2.50. The summed E-state index contributed by atoms with van der Waals surface area (Å²) in [6.07, 6.45) is 0. The number of carbonyl (C=O) groups excluding carboxylic acids is 1. The number of ether oxygens (including phenoxy) is 2. The van der Waals surface area contributed by atoms with Crippen LogP contribution in [0, 0.1) is 13.8 Å². The first-order valence-corrected chi connectivity index (χ1v) is 5.29. The van der Waals surface area contributed by atoms with Gasteiger partial charge in [0.1, 0.15) is 17.9 Å². The zero-order chi connectivity index (χ0) is 13.9. The maximum Gasteiger partial charge on any atom is 0.341 e. The maximum absolute atomic E-state index is 11.1. The summed E-state index contributed by atoms with van der Waals surface area (Å²) in [5.74, 6) is -1.27. The fourth-order valence-electron chi connectivity index (χ4n) is 1.64. The molecule has 0 bridgehead atoms. The van der Waals surface area contributed by atoms with Crippen LogP contribution in [-0.4, -0.2) is 29.1 Å². The number of esters is 1. The Labute approximate surface area is 105 Å². The highest BCUT2D eigenvalue weighted by atomic mass is 16.5. The van der Waals surface area contributed by atoms with E-state index < -0.39 is 11.9 Å². The van der Waals surface area contributed by atoms with Crippen molar-refractivity contribution in [1.29, 1.82) is 0 Å². The largest absolute Gasteiger partial charge is 0.495 e. The van der Waals surface area contributed by atoms with Crippen molar-refractivity contribution in [1.82, 2.24) is 4.98 Å². The Bertz CT molecular complexity index is 496. The number of carboxylic acids is 1. The lowest BCUT2D eigenvalue weighted by atomic mass is 10.1. The third-order valence-electron chi connectivity index (χ3n) is 2.50. The summed E-state index contributed by atoms with van der Waals surface area (Å²) in [5.41, 5.74) is 1.40. The van der Waals surface area contributed by atoms with Crippen molar-refractivity contribution in [3.05, 3.63) is 22.5 Å². The first-order chi connectivity index (χ1) is 8.38. The number of aromatic carboxylic acids is 1. The highest BCUT2D eigenvalue weighted by Crippen LogP contribution is 2.28. The van der Waals surface area contributed by atoms with E-state index in [-0.39, 0.29) is 17.9 Å². The number of aromatic nitrogens is 1. The Kier molecular flexibility index (Phi) is 4.25. The van der Waals surface area contributed by atoms with E-state index in [0.717, 1.165) is 0 Å². The van der Waals surface area contributed by atoms with Crippen LogP contribution in [0.4, 0.5) is 0 Å². The predicted octanol–water partition coefficient (Wildman–Crippen LogP) is 1.47. The lowest BCUT2D eigenvalue weighted by molar-refractivity contribution is -0.142. The van der Waals surface area contributed by atoms with Crippen molar-refractivity contribution in [3.63, 3.8) is 0 Å². The smallest absolute Gasteiger partial charge is 0.341 e. The van der Waals surface area contributed by atoms with Crippen molar-refractivity contribution >= 4 is 11.9 Å². The lowest BCUT2D eigenvalue weighted by Crippen LogP contribution is -2.11. The van der Waals surface area contributed by atoms with Gasteiger partial charge < -0.3 is 14.6 Å². The zero-order valence-corrected chi connectivity index (χ0v) is 10.7. The topological polar surface area (TPSA) is 85.7 Å². The fraction of sp³-hybridized carbons (Fsp3) is 0.417. The Morgan fingerprint density at radius 2 is 1.94 bits per heavy atom. The minimum Gasteiger partial charge on any atom is -0.495 e. The Balaban J connectivity index is 3.28. The van der Waals surface area contributed by atoms with Gasteiger partial charge in [-0.2, -0.15) is 0 Å². The van der Waals surface area contributed by atoms with E-state index in [2.05, 4.69) is 4.98 Å². The van der Waals surface area contributed by atoms with Crippen LogP contribution < -0.4 is 4.74 Å². The van der Waals surface area contributed by atoms with Gasteiger partial charge in [-0.3, -0.25) is 9.78 Å². The highest BCUT2D eigenvalue weighted by molar-refractivity contribution is 5.92. The van der Waals surface area contributed by atoms with Gasteiger partial charge in [0.2, 0.25) is 0 Å². The van der Waals surface area contributed by atoms with E-state index >= 15 is 0 Å². The van der Waals surface area contributed by atoms with Crippen LogP contribution >= 0.6 is 0 Å². The number of carbonyl (C=O) groups is 2. The predicted molar refractivity (Wildman–Crippen MR) is 62.7 cm³/mol. The summed E-state index contributed by atoms with van der Waals surface area (Å²) in [7, 11) is 1.39. The molecule has 0 aromatic carbocycles. The lowest BCUT2D eigenvalue weighted by Gasteiger charge is -2.14. The average molecular weight is 253 g/mol.